The topological polar surface area (TPSA) is 111 Å². The van der Waals surface area contributed by atoms with Gasteiger partial charge in [-0.25, -0.2) is 4.57 Å². The molecule has 386 valence electrons. The van der Waals surface area contributed by atoms with Crippen LogP contribution in [0.2, 0.25) is 0 Å². The van der Waals surface area contributed by atoms with E-state index >= 15 is 0 Å². The van der Waals surface area contributed by atoms with E-state index in [1.54, 1.807) is 0 Å². The molecular formula is C56H106N2O7P+. The first-order valence-electron chi connectivity index (χ1n) is 27.5. The maximum Gasteiger partial charge on any atom is 0.472 e. The number of esters is 1. The van der Waals surface area contributed by atoms with E-state index in [0.29, 0.717) is 23.9 Å². The highest BCUT2D eigenvalue weighted by Gasteiger charge is 2.30. The average Bonchev–Trinajstić information content (AvgIpc) is 3.27. The summed E-state index contributed by atoms with van der Waals surface area (Å²) in [6.45, 7) is 6.88. The molecule has 0 fully saturated rings. The zero-order chi connectivity index (χ0) is 48.7. The summed E-state index contributed by atoms with van der Waals surface area (Å²) in [6.07, 6.45) is 55.3. The summed E-state index contributed by atoms with van der Waals surface area (Å²) in [5, 5.41) is 3.03. The molecular weight excluding hydrogens is 844 g/mol. The number of carbonyl (C=O) groups is 2. The molecule has 0 aliphatic heterocycles. The molecule has 0 aliphatic carbocycles. The van der Waals surface area contributed by atoms with Gasteiger partial charge in [0.25, 0.3) is 0 Å². The maximum atomic E-state index is 13.5. The van der Waals surface area contributed by atoms with Gasteiger partial charge in [0.1, 0.15) is 19.3 Å². The third-order valence-electron chi connectivity index (χ3n) is 12.0. The van der Waals surface area contributed by atoms with Crippen molar-refractivity contribution in [1.29, 1.82) is 0 Å². The summed E-state index contributed by atoms with van der Waals surface area (Å²) in [4.78, 5) is 37.5. The lowest BCUT2D eigenvalue weighted by atomic mass is 10.0. The highest BCUT2D eigenvalue weighted by molar-refractivity contribution is 7.47. The van der Waals surface area contributed by atoms with Gasteiger partial charge in [-0.05, 0) is 83.1 Å². The molecule has 0 aromatic rings. The standard InChI is InChI=1S/C56H105N2O7P/c1-7-10-13-16-19-22-25-28-30-33-36-39-42-45-48-55(59)57-53(52-64-66(61,62)63-51-50-58(4,5)6)54(47-44-41-38-35-32-27-24-21-18-15-12-9-3)65-56(60)49-46-43-40-37-34-31-29-26-23-20-17-14-11-8-2/h10,13,19,22,31,34,44,47,53-54H,7-9,11-12,14-18,20-21,23-30,32-33,35-43,45-46,48-52H2,1-6H3,(H-,57,59,61,62)/p+1/b13-10+,22-19+,34-31-,47-44+. The number of hydrogen-bond acceptors (Lipinski definition) is 6. The highest BCUT2D eigenvalue weighted by atomic mass is 31.2. The van der Waals surface area contributed by atoms with Gasteiger partial charge in [-0.3, -0.25) is 18.6 Å². The van der Waals surface area contributed by atoms with E-state index in [0.717, 1.165) is 89.9 Å². The average molecular weight is 950 g/mol. The maximum absolute atomic E-state index is 13.5. The van der Waals surface area contributed by atoms with Gasteiger partial charge >= 0.3 is 13.8 Å². The molecule has 0 saturated heterocycles. The van der Waals surface area contributed by atoms with E-state index in [4.69, 9.17) is 13.8 Å². The van der Waals surface area contributed by atoms with Gasteiger partial charge in [0.2, 0.25) is 5.91 Å². The van der Waals surface area contributed by atoms with Gasteiger partial charge in [0, 0.05) is 12.8 Å². The molecule has 0 aliphatic rings. The van der Waals surface area contributed by atoms with Crippen LogP contribution in [0.25, 0.3) is 0 Å². The second-order valence-corrected chi connectivity index (χ2v) is 21.2. The van der Waals surface area contributed by atoms with Crippen LogP contribution in [0.3, 0.4) is 0 Å². The molecule has 0 aromatic carbocycles. The van der Waals surface area contributed by atoms with Crippen molar-refractivity contribution >= 4 is 19.7 Å². The number of hydrogen-bond donors (Lipinski definition) is 2. The van der Waals surface area contributed by atoms with Crippen molar-refractivity contribution in [1.82, 2.24) is 5.32 Å². The van der Waals surface area contributed by atoms with Gasteiger partial charge in [0.05, 0.1) is 33.8 Å². The summed E-state index contributed by atoms with van der Waals surface area (Å²) in [5.41, 5.74) is 0. The third-order valence-corrected chi connectivity index (χ3v) is 13.0. The molecule has 0 heterocycles. The van der Waals surface area contributed by atoms with Crippen LogP contribution in [0.4, 0.5) is 0 Å². The first-order chi connectivity index (χ1) is 31.9. The van der Waals surface area contributed by atoms with Gasteiger partial charge < -0.3 is 19.4 Å². The smallest absolute Gasteiger partial charge is 0.456 e. The minimum absolute atomic E-state index is 0.0362. The van der Waals surface area contributed by atoms with Gasteiger partial charge in [-0.15, -0.1) is 0 Å². The number of likely N-dealkylation sites (N-methyl/N-ethyl adjacent to an activating group) is 1. The fourth-order valence-electron chi connectivity index (χ4n) is 7.74. The lowest BCUT2D eigenvalue weighted by Gasteiger charge is -2.27. The van der Waals surface area contributed by atoms with Crippen LogP contribution in [0, 0.1) is 0 Å². The molecule has 9 nitrogen and oxygen atoms in total. The van der Waals surface area contributed by atoms with E-state index in [-0.39, 0.29) is 31.5 Å². The summed E-state index contributed by atoms with van der Waals surface area (Å²) in [6, 6.07) is -0.855. The predicted octanol–water partition coefficient (Wildman–Crippen LogP) is 16.2. The number of nitrogens with one attached hydrogen (secondary N) is 1. The number of rotatable bonds is 49. The number of quaternary nitrogens is 1. The molecule has 1 amide bonds. The van der Waals surface area contributed by atoms with Crippen LogP contribution in [0.5, 0.6) is 0 Å². The SMILES string of the molecule is CC/C=C/C/C=C/CCCCCCCCCC(=O)NC(COP(=O)(O)OCC[N+](C)(C)C)C(/C=C/CCCCCCCCCCCC)OC(=O)CCCCC/C=C\CCCCCCCCC. The van der Waals surface area contributed by atoms with Crippen LogP contribution in [0.1, 0.15) is 245 Å². The quantitative estimate of drug-likeness (QED) is 0.0205. The molecule has 0 rings (SSSR count). The number of allylic oxidation sites excluding steroid dienone is 7. The van der Waals surface area contributed by atoms with Gasteiger partial charge in [-0.1, -0.05) is 198 Å². The Hall–Kier alpha value is -2.03. The van der Waals surface area contributed by atoms with E-state index in [1.807, 2.05) is 33.3 Å². The molecule has 0 spiro atoms. The Balaban J connectivity index is 5.42. The predicted molar refractivity (Wildman–Crippen MR) is 282 cm³/mol. The van der Waals surface area contributed by atoms with Crippen LogP contribution in [-0.2, 0) is 27.9 Å². The Kier molecular flexibility index (Phi) is 45.3. The summed E-state index contributed by atoms with van der Waals surface area (Å²) in [5.74, 6) is -0.532. The summed E-state index contributed by atoms with van der Waals surface area (Å²) >= 11 is 0. The molecule has 0 aromatic heterocycles. The number of ether oxygens (including phenoxy) is 1. The zero-order valence-corrected chi connectivity index (χ0v) is 44.8. The highest BCUT2D eigenvalue weighted by Crippen LogP contribution is 2.43. The van der Waals surface area contributed by atoms with Crippen molar-refractivity contribution in [2.24, 2.45) is 0 Å². The van der Waals surface area contributed by atoms with E-state index in [1.165, 1.54) is 116 Å². The second kappa shape index (κ2) is 46.7. The normalized spacial score (nSPS) is 14.2. The number of phosphoric acid groups is 1. The fraction of sp³-hybridized carbons (Fsp3) is 0.821. The van der Waals surface area contributed by atoms with Crippen LogP contribution in [0.15, 0.2) is 48.6 Å². The van der Waals surface area contributed by atoms with Crippen molar-refractivity contribution in [3.05, 3.63) is 48.6 Å². The third kappa shape index (κ3) is 47.1. The first kappa shape index (κ1) is 64.0. The molecule has 0 bridgehead atoms. The van der Waals surface area contributed by atoms with Crippen LogP contribution < -0.4 is 5.32 Å². The summed E-state index contributed by atoms with van der Waals surface area (Å²) in [7, 11) is 1.48. The zero-order valence-electron chi connectivity index (χ0n) is 43.9. The Bertz CT molecular complexity index is 1280. The molecule has 0 radical (unpaired) electrons. The fourth-order valence-corrected chi connectivity index (χ4v) is 8.47. The number of carbonyl (C=O) groups excluding carboxylic acids is 2. The van der Waals surface area contributed by atoms with E-state index in [9.17, 15) is 19.0 Å². The van der Waals surface area contributed by atoms with Gasteiger partial charge in [0.15, 0.2) is 0 Å². The molecule has 3 atom stereocenters. The number of unbranched alkanes of at least 4 members (excludes halogenated alkanes) is 27. The Morgan fingerprint density at radius 2 is 0.970 bits per heavy atom. The molecule has 66 heavy (non-hydrogen) atoms. The first-order valence-corrected chi connectivity index (χ1v) is 29.0. The van der Waals surface area contributed by atoms with Crippen molar-refractivity contribution in [3.8, 4) is 0 Å². The second-order valence-electron chi connectivity index (χ2n) is 19.7. The number of amides is 1. The van der Waals surface area contributed by atoms with Gasteiger partial charge in [-0.2, -0.15) is 0 Å². The van der Waals surface area contributed by atoms with Crippen LogP contribution >= 0.6 is 7.82 Å². The Labute approximate surface area is 408 Å². The van der Waals surface area contributed by atoms with Crippen molar-refractivity contribution in [2.45, 2.75) is 258 Å². The molecule has 3 unspecified atom stereocenters. The van der Waals surface area contributed by atoms with Crippen molar-refractivity contribution < 1.29 is 37.3 Å². The van der Waals surface area contributed by atoms with Crippen molar-refractivity contribution in [3.63, 3.8) is 0 Å². The monoisotopic (exact) mass is 950 g/mol. The number of nitrogens with zero attached hydrogens (tertiary/aromatic N) is 1. The Morgan fingerprint density at radius 1 is 0.545 bits per heavy atom. The lowest BCUT2D eigenvalue weighted by Crippen LogP contribution is -2.47. The largest absolute Gasteiger partial charge is 0.472 e. The van der Waals surface area contributed by atoms with Crippen molar-refractivity contribution in [2.75, 3.05) is 40.9 Å². The van der Waals surface area contributed by atoms with E-state index in [2.05, 4.69) is 62.5 Å². The van der Waals surface area contributed by atoms with Crippen LogP contribution in [-0.4, -0.2) is 74.3 Å². The lowest BCUT2D eigenvalue weighted by molar-refractivity contribution is -0.870. The molecule has 0 saturated carbocycles. The minimum atomic E-state index is -4.44. The molecule has 2 N–H and O–H groups in total. The summed E-state index contributed by atoms with van der Waals surface area (Å²) < 4.78 is 30.5. The minimum Gasteiger partial charge on any atom is -0.456 e. The Morgan fingerprint density at radius 3 is 1.47 bits per heavy atom. The molecule has 10 heteroatoms. The number of phosphoric ester groups is 1. The van der Waals surface area contributed by atoms with E-state index < -0.39 is 20.0 Å².